The molecule has 158 valence electrons. The molecule has 3 aromatic carbocycles. The van der Waals surface area contributed by atoms with Crippen molar-refractivity contribution in [2.45, 2.75) is 30.8 Å². The highest BCUT2D eigenvalue weighted by atomic mass is 28.3. The Labute approximate surface area is 184 Å². The van der Waals surface area contributed by atoms with E-state index in [9.17, 15) is 9.90 Å². The average molecular weight is 430 g/mol. The lowest BCUT2D eigenvalue weighted by molar-refractivity contribution is 0.0908. The number of nitrogens with zero attached hydrogens (tertiary/aromatic N) is 1. The van der Waals surface area contributed by atoms with Gasteiger partial charge >= 0.3 is 6.09 Å². The van der Waals surface area contributed by atoms with Crippen molar-refractivity contribution in [2.75, 3.05) is 0 Å². The minimum absolute atomic E-state index is 0.331. The highest BCUT2D eigenvalue weighted by Crippen LogP contribution is 2.40. The Kier molecular flexibility index (Phi) is 5.81. The van der Waals surface area contributed by atoms with Crippen LogP contribution in [-0.2, 0) is 0 Å². The van der Waals surface area contributed by atoms with Gasteiger partial charge in [-0.25, -0.2) is 4.79 Å². The van der Waals surface area contributed by atoms with Crippen LogP contribution < -0.4 is 9.92 Å². The molecule has 3 aromatic rings. The van der Waals surface area contributed by atoms with Gasteiger partial charge in [0.05, 0.1) is 11.3 Å². The third-order valence-electron chi connectivity index (χ3n) is 6.27. The van der Waals surface area contributed by atoms with E-state index in [-0.39, 0.29) is 6.04 Å². The van der Waals surface area contributed by atoms with Crippen LogP contribution in [0.2, 0.25) is 13.1 Å². The minimum atomic E-state index is -2.33. The van der Waals surface area contributed by atoms with Crippen LogP contribution in [0.3, 0.4) is 0 Å². The number of hydrogen-bond donors (Lipinski definition) is 1. The molecule has 1 amide bonds. The summed E-state index contributed by atoms with van der Waals surface area (Å²) in [6.45, 7) is 4.35. The van der Waals surface area contributed by atoms with Crippen LogP contribution in [0.25, 0.3) is 0 Å². The molecule has 4 rings (SSSR count). The fraction of sp³-hybridized carbons (Fsp3) is 0.192. The number of amides is 1. The predicted octanol–water partition coefficient (Wildman–Crippen LogP) is 5.03. The van der Waals surface area contributed by atoms with Gasteiger partial charge in [0.25, 0.3) is 0 Å². The summed E-state index contributed by atoms with van der Waals surface area (Å²) in [5, 5.41) is 12.0. The van der Waals surface area contributed by atoms with Crippen molar-refractivity contribution in [1.82, 2.24) is 4.90 Å². The quantitative estimate of drug-likeness (QED) is 0.592. The SMILES string of the molecule is C[Si](C)(c1ccccc1)C1(O)C=CN(C(=O)Oc2ccccc2)C(c2ccccc2)C1. The molecular weight excluding hydrogens is 402 g/mol. The van der Waals surface area contributed by atoms with E-state index in [1.807, 2.05) is 66.7 Å². The van der Waals surface area contributed by atoms with E-state index in [0.29, 0.717) is 12.2 Å². The first-order chi connectivity index (χ1) is 14.9. The molecule has 0 bridgehead atoms. The number of hydrogen-bond acceptors (Lipinski definition) is 3. The van der Waals surface area contributed by atoms with Crippen LogP contribution in [-0.4, -0.2) is 29.4 Å². The molecule has 0 fully saturated rings. The summed E-state index contributed by atoms with van der Waals surface area (Å²) < 4.78 is 5.61. The molecule has 0 saturated carbocycles. The molecule has 0 aliphatic carbocycles. The molecule has 4 nitrogen and oxygen atoms in total. The van der Waals surface area contributed by atoms with Gasteiger partial charge in [0.15, 0.2) is 0 Å². The van der Waals surface area contributed by atoms with Crippen LogP contribution >= 0.6 is 0 Å². The van der Waals surface area contributed by atoms with Gasteiger partial charge in [0, 0.05) is 12.6 Å². The number of ether oxygens (including phenoxy) is 1. The lowest BCUT2D eigenvalue weighted by Crippen LogP contribution is -2.63. The Hall–Kier alpha value is -3.15. The summed E-state index contributed by atoms with van der Waals surface area (Å²) in [5.74, 6) is 0.493. The summed E-state index contributed by atoms with van der Waals surface area (Å²) in [6, 6.07) is 28.7. The minimum Gasteiger partial charge on any atom is -0.410 e. The summed E-state index contributed by atoms with van der Waals surface area (Å²) in [5.41, 5.74) is 0.966. The second-order valence-electron chi connectivity index (χ2n) is 8.45. The van der Waals surface area contributed by atoms with E-state index in [1.165, 1.54) is 5.19 Å². The summed E-state index contributed by atoms with van der Waals surface area (Å²) in [4.78, 5) is 14.7. The molecule has 2 unspecified atom stereocenters. The molecule has 31 heavy (non-hydrogen) atoms. The number of aliphatic hydroxyl groups is 1. The fourth-order valence-electron chi connectivity index (χ4n) is 4.12. The van der Waals surface area contributed by atoms with Crippen molar-refractivity contribution in [3.63, 3.8) is 0 Å². The van der Waals surface area contributed by atoms with Crippen LogP contribution in [0.1, 0.15) is 18.0 Å². The Morgan fingerprint density at radius 1 is 0.935 bits per heavy atom. The van der Waals surface area contributed by atoms with E-state index in [0.717, 1.165) is 5.56 Å². The van der Waals surface area contributed by atoms with Crippen LogP contribution in [0.4, 0.5) is 4.79 Å². The molecule has 0 radical (unpaired) electrons. The van der Waals surface area contributed by atoms with Crippen LogP contribution in [0, 0.1) is 0 Å². The van der Waals surface area contributed by atoms with Crippen molar-refractivity contribution in [3.05, 3.63) is 109 Å². The number of carbonyl (C=O) groups is 1. The molecule has 1 aliphatic rings. The zero-order valence-electron chi connectivity index (χ0n) is 17.8. The first kappa shape index (κ1) is 21.1. The highest BCUT2D eigenvalue weighted by Gasteiger charge is 2.49. The number of benzene rings is 3. The zero-order chi connectivity index (χ0) is 21.9. The van der Waals surface area contributed by atoms with Gasteiger partial charge in [-0.1, -0.05) is 97.1 Å². The molecular formula is C26H27NO3Si. The monoisotopic (exact) mass is 429 g/mol. The first-order valence-corrected chi connectivity index (χ1v) is 13.5. The van der Waals surface area contributed by atoms with Crippen molar-refractivity contribution in [2.24, 2.45) is 0 Å². The number of rotatable bonds is 4. The van der Waals surface area contributed by atoms with E-state index in [1.54, 1.807) is 29.3 Å². The summed E-state index contributed by atoms with van der Waals surface area (Å²) >= 11 is 0. The van der Waals surface area contributed by atoms with Gasteiger partial charge in [-0.3, -0.25) is 4.90 Å². The van der Waals surface area contributed by atoms with Crippen molar-refractivity contribution in [3.8, 4) is 5.75 Å². The third kappa shape index (κ3) is 4.20. The van der Waals surface area contributed by atoms with Crippen molar-refractivity contribution >= 4 is 19.4 Å². The van der Waals surface area contributed by atoms with Crippen LogP contribution in [0.5, 0.6) is 5.75 Å². The maximum atomic E-state index is 13.1. The maximum absolute atomic E-state index is 13.1. The lowest BCUT2D eigenvalue weighted by atomic mass is 9.96. The van der Waals surface area contributed by atoms with E-state index in [2.05, 4.69) is 25.2 Å². The largest absolute Gasteiger partial charge is 0.419 e. The Bertz CT molecular complexity index is 1050. The summed E-state index contributed by atoms with van der Waals surface area (Å²) in [6.07, 6.45) is 3.44. The zero-order valence-corrected chi connectivity index (χ0v) is 18.8. The Morgan fingerprint density at radius 3 is 2.10 bits per heavy atom. The average Bonchev–Trinajstić information content (AvgIpc) is 2.80. The second-order valence-corrected chi connectivity index (χ2v) is 13.1. The van der Waals surface area contributed by atoms with Crippen molar-refractivity contribution < 1.29 is 14.6 Å². The summed E-state index contributed by atoms with van der Waals surface area (Å²) in [7, 11) is -2.33. The smallest absolute Gasteiger partial charge is 0.410 e. The third-order valence-corrected chi connectivity index (χ3v) is 10.6. The van der Waals surface area contributed by atoms with Crippen molar-refractivity contribution in [1.29, 1.82) is 0 Å². The van der Waals surface area contributed by atoms with Gasteiger partial charge in [-0.2, -0.15) is 0 Å². The molecule has 1 N–H and O–H groups in total. The molecule has 1 heterocycles. The highest BCUT2D eigenvalue weighted by molar-refractivity contribution is 6.92. The first-order valence-electron chi connectivity index (χ1n) is 10.5. The molecule has 1 aliphatic heterocycles. The van der Waals surface area contributed by atoms with E-state index in [4.69, 9.17) is 4.74 Å². The van der Waals surface area contributed by atoms with E-state index >= 15 is 0 Å². The normalized spacial score (nSPS) is 21.0. The predicted molar refractivity (Wildman–Crippen MR) is 126 cm³/mol. The van der Waals surface area contributed by atoms with Gasteiger partial charge in [0.2, 0.25) is 0 Å². The van der Waals surface area contributed by atoms with Gasteiger partial charge in [-0.15, -0.1) is 0 Å². The van der Waals surface area contributed by atoms with Gasteiger partial charge in [-0.05, 0) is 23.8 Å². The molecule has 0 saturated heterocycles. The molecule has 2 atom stereocenters. The molecule has 5 heteroatoms. The van der Waals surface area contributed by atoms with Gasteiger partial charge < -0.3 is 9.84 Å². The fourth-order valence-corrected chi connectivity index (χ4v) is 6.84. The number of carbonyl (C=O) groups excluding carboxylic acids is 1. The molecule has 0 aromatic heterocycles. The van der Waals surface area contributed by atoms with E-state index < -0.39 is 19.4 Å². The standard InChI is InChI=1S/C26H27NO3Si/c1-31(2,23-16-10-5-11-17-23)26(29)18-19-27(24(20-26)21-12-6-3-7-13-21)25(28)30-22-14-8-4-9-15-22/h3-19,24,29H,20H2,1-2H3. The maximum Gasteiger partial charge on any atom is 0.419 e. The van der Waals surface area contributed by atoms with Gasteiger partial charge in [0.1, 0.15) is 13.8 Å². The second kappa shape index (κ2) is 8.53. The lowest BCUT2D eigenvalue weighted by Gasteiger charge is -2.46. The Balaban J connectivity index is 1.70. The molecule has 0 spiro atoms. The van der Waals surface area contributed by atoms with Crippen LogP contribution in [0.15, 0.2) is 103 Å². The topological polar surface area (TPSA) is 49.8 Å². The number of para-hydroxylation sites is 1. The Morgan fingerprint density at radius 2 is 1.48 bits per heavy atom.